The molecule has 14 heteroatoms. The lowest BCUT2D eigenvalue weighted by Crippen LogP contribution is -2.71. The predicted molar refractivity (Wildman–Crippen MR) is 125 cm³/mol. The average molecular weight is 562 g/mol. The number of carbonyl (C=O) groups excluding carboxylic acids is 4. The molecule has 5 fully saturated rings. The number of amides is 4. The maximum absolute atomic E-state index is 15.0. The van der Waals surface area contributed by atoms with E-state index in [1.54, 1.807) is 5.32 Å². The van der Waals surface area contributed by atoms with Crippen LogP contribution < -0.4 is 16.0 Å². The fraction of sp³-hybridized carbons (Fsp3) is 0.800. The van der Waals surface area contributed by atoms with Crippen molar-refractivity contribution in [3.05, 3.63) is 0 Å². The van der Waals surface area contributed by atoms with Gasteiger partial charge in [0.25, 0.3) is 5.92 Å². The number of nitrogens with one attached hydrogen (secondary N) is 3. The molecule has 0 radical (unpaired) electrons. The summed E-state index contributed by atoms with van der Waals surface area (Å²) in [5, 5.41) is 16.4. The summed E-state index contributed by atoms with van der Waals surface area (Å²) in [6, 6.07) is -3.82. The molecule has 5 aliphatic rings. The molecular formula is C25H32F5N5O4. The van der Waals surface area contributed by atoms with Gasteiger partial charge in [-0.3, -0.25) is 19.2 Å². The van der Waals surface area contributed by atoms with Crippen LogP contribution in [-0.2, 0) is 19.2 Å². The number of nitrogens with zero attached hydrogens (tertiary/aromatic N) is 2. The summed E-state index contributed by atoms with van der Waals surface area (Å²) in [5.74, 6) is -10.2. The van der Waals surface area contributed by atoms with Crippen molar-refractivity contribution >= 4 is 23.6 Å². The van der Waals surface area contributed by atoms with Gasteiger partial charge in [0, 0.05) is 24.9 Å². The molecule has 0 aromatic heterocycles. The highest BCUT2D eigenvalue weighted by atomic mass is 19.4. The van der Waals surface area contributed by atoms with Crippen LogP contribution in [0.25, 0.3) is 0 Å². The first-order chi connectivity index (χ1) is 18.3. The van der Waals surface area contributed by atoms with Crippen molar-refractivity contribution in [2.45, 2.75) is 100 Å². The Morgan fingerprint density at radius 3 is 2.36 bits per heavy atom. The number of nitriles is 1. The van der Waals surface area contributed by atoms with E-state index in [2.05, 4.69) is 10.6 Å². The maximum Gasteiger partial charge on any atom is 0.471 e. The Balaban J connectivity index is 1.57. The molecule has 6 atom stereocenters. The van der Waals surface area contributed by atoms with Gasteiger partial charge < -0.3 is 20.9 Å². The van der Waals surface area contributed by atoms with Crippen LogP contribution in [-0.4, -0.2) is 71.3 Å². The number of rotatable bonds is 8. The lowest BCUT2D eigenvalue weighted by atomic mass is 9.71. The van der Waals surface area contributed by atoms with Crippen molar-refractivity contribution in [1.29, 1.82) is 5.26 Å². The van der Waals surface area contributed by atoms with Gasteiger partial charge in [-0.2, -0.15) is 18.4 Å². The third kappa shape index (κ3) is 6.27. The minimum absolute atomic E-state index is 0.0504. The molecule has 3 aliphatic heterocycles. The fourth-order valence-corrected chi connectivity index (χ4v) is 6.27. The van der Waals surface area contributed by atoms with Crippen LogP contribution in [0.1, 0.15) is 64.2 Å². The molecule has 216 valence electrons. The first-order valence-electron chi connectivity index (χ1n) is 13.4. The summed E-state index contributed by atoms with van der Waals surface area (Å²) in [6.45, 7) is 0.489. The van der Waals surface area contributed by atoms with E-state index < -0.39 is 72.2 Å². The molecule has 9 nitrogen and oxygen atoms in total. The molecule has 3 heterocycles. The van der Waals surface area contributed by atoms with Crippen LogP contribution in [0.2, 0.25) is 0 Å². The lowest BCUT2D eigenvalue weighted by molar-refractivity contribution is -0.196. The Morgan fingerprint density at radius 2 is 1.79 bits per heavy atom. The zero-order chi connectivity index (χ0) is 28.5. The maximum atomic E-state index is 15.0. The molecule has 2 saturated carbocycles. The van der Waals surface area contributed by atoms with E-state index >= 15 is 0 Å². The van der Waals surface area contributed by atoms with E-state index in [0.717, 1.165) is 11.3 Å². The monoisotopic (exact) mass is 561 g/mol. The normalized spacial score (nSPS) is 29.8. The van der Waals surface area contributed by atoms with E-state index in [-0.39, 0.29) is 37.5 Å². The number of carbonyl (C=O) groups is 4. The molecule has 0 aromatic rings. The van der Waals surface area contributed by atoms with Crippen LogP contribution in [0.5, 0.6) is 0 Å². The molecule has 5 rings (SSSR count). The highest BCUT2D eigenvalue weighted by Gasteiger charge is 2.61. The second-order valence-electron chi connectivity index (χ2n) is 11.1. The molecule has 2 bridgehead atoms. The second-order valence-corrected chi connectivity index (χ2v) is 11.1. The van der Waals surface area contributed by atoms with Crippen molar-refractivity contribution in [2.24, 2.45) is 17.8 Å². The number of hydrogen-bond acceptors (Lipinski definition) is 5. The van der Waals surface area contributed by atoms with Gasteiger partial charge in [0.05, 0.1) is 12.0 Å². The highest BCUT2D eigenvalue weighted by molar-refractivity contribution is 5.94. The van der Waals surface area contributed by atoms with E-state index in [1.165, 1.54) is 0 Å². The summed E-state index contributed by atoms with van der Waals surface area (Å²) < 4.78 is 69.1. The molecule has 3 saturated heterocycles. The second kappa shape index (κ2) is 11.3. The zero-order valence-corrected chi connectivity index (χ0v) is 21.2. The zero-order valence-electron chi connectivity index (χ0n) is 21.2. The van der Waals surface area contributed by atoms with Crippen molar-refractivity contribution in [1.82, 2.24) is 20.9 Å². The highest BCUT2D eigenvalue weighted by Crippen LogP contribution is 2.49. The average Bonchev–Trinajstić information content (AvgIpc) is 2.84. The number of halogens is 5. The topological polar surface area (TPSA) is 131 Å². The van der Waals surface area contributed by atoms with Crippen molar-refractivity contribution in [2.75, 3.05) is 6.54 Å². The largest absolute Gasteiger partial charge is 0.471 e. The Labute approximate surface area is 222 Å². The lowest BCUT2D eigenvalue weighted by Gasteiger charge is -2.54. The molecule has 2 aliphatic carbocycles. The van der Waals surface area contributed by atoms with E-state index in [9.17, 15) is 46.4 Å². The smallest absolute Gasteiger partial charge is 0.356 e. The standard InChI is InChI=1S/C25H32F5N5O4/c26-24(27)11-16-6-7-17(24)19(21(37)33-15(12-31)10-14-5-2-8-32-20(14)36)35(16)22(38)18(9-13-3-1-4-13)34-23(39)25(28,29)30/h13-19H,1-11H2,(H,32,36)(H,33,37)(H,34,39)/t14-,15+,16-,17-,18+,19+/m1/s1. The third-order valence-corrected chi connectivity index (χ3v) is 8.51. The molecule has 39 heavy (non-hydrogen) atoms. The summed E-state index contributed by atoms with van der Waals surface area (Å²) in [6.07, 6.45) is -2.84. The summed E-state index contributed by atoms with van der Waals surface area (Å²) in [7, 11) is 0. The summed E-state index contributed by atoms with van der Waals surface area (Å²) >= 11 is 0. The minimum Gasteiger partial charge on any atom is -0.356 e. The van der Waals surface area contributed by atoms with Crippen molar-refractivity contribution < 1.29 is 41.1 Å². The number of piperidine rings is 3. The Bertz CT molecular complexity index is 1030. The Morgan fingerprint density at radius 1 is 1.08 bits per heavy atom. The van der Waals surface area contributed by atoms with Crippen LogP contribution in [0, 0.1) is 29.1 Å². The Hall–Kier alpha value is -2.98. The first-order valence-corrected chi connectivity index (χ1v) is 13.4. The molecule has 0 aromatic carbocycles. The van der Waals surface area contributed by atoms with Gasteiger partial charge in [0.15, 0.2) is 0 Å². The number of fused-ring (bicyclic) bond motifs is 3. The van der Waals surface area contributed by atoms with Gasteiger partial charge in [-0.15, -0.1) is 0 Å². The third-order valence-electron chi connectivity index (χ3n) is 8.51. The first kappa shape index (κ1) is 29.0. The van der Waals surface area contributed by atoms with Gasteiger partial charge in [-0.25, -0.2) is 8.78 Å². The summed E-state index contributed by atoms with van der Waals surface area (Å²) in [5.41, 5.74) is 0. The van der Waals surface area contributed by atoms with Gasteiger partial charge in [-0.05, 0) is 44.4 Å². The predicted octanol–water partition coefficient (Wildman–Crippen LogP) is 2.16. The van der Waals surface area contributed by atoms with Crippen molar-refractivity contribution in [3.8, 4) is 6.07 Å². The molecular weight excluding hydrogens is 529 g/mol. The minimum atomic E-state index is -5.26. The van der Waals surface area contributed by atoms with Gasteiger partial charge >= 0.3 is 12.1 Å². The van der Waals surface area contributed by atoms with Gasteiger partial charge in [0.1, 0.15) is 18.1 Å². The summed E-state index contributed by atoms with van der Waals surface area (Å²) in [4.78, 5) is 51.9. The number of alkyl halides is 5. The Kier molecular flexibility index (Phi) is 8.37. The molecule has 0 unspecified atom stereocenters. The van der Waals surface area contributed by atoms with Gasteiger partial charge in [-0.1, -0.05) is 19.3 Å². The van der Waals surface area contributed by atoms with Crippen LogP contribution in [0.4, 0.5) is 22.0 Å². The molecule has 0 spiro atoms. The van der Waals surface area contributed by atoms with Crippen LogP contribution >= 0.6 is 0 Å². The quantitative estimate of drug-likeness (QED) is 0.391. The van der Waals surface area contributed by atoms with E-state index in [1.807, 2.05) is 6.07 Å². The molecule has 4 amide bonds. The van der Waals surface area contributed by atoms with E-state index in [4.69, 9.17) is 0 Å². The SMILES string of the molecule is N#C[C@H](C[C@H]1CCCNC1=O)NC(=O)[C@@H]1[C@H]2CC[C@H](CC2(F)F)N1C(=O)[C@H](CC1CCC1)NC(=O)C(F)(F)F. The fourth-order valence-electron chi connectivity index (χ4n) is 6.27. The van der Waals surface area contributed by atoms with Crippen LogP contribution in [0.3, 0.4) is 0 Å². The molecule has 3 N–H and O–H groups in total. The number of hydrogen-bond donors (Lipinski definition) is 3. The van der Waals surface area contributed by atoms with Gasteiger partial charge in [0.2, 0.25) is 17.7 Å². The van der Waals surface area contributed by atoms with E-state index in [0.29, 0.717) is 32.2 Å². The van der Waals surface area contributed by atoms with Crippen LogP contribution in [0.15, 0.2) is 0 Å². The van der Waals surface area contributed by atoms with Crippen molar-refractivity contribution in [3.63, 3.8) is 0 Å².